The molecule has 6 aromatic rings. The molecule has 0 aliphatic heterocycles. The Balaban J connectivity index is 1.39. The summed E-state index contributed by atoms with van der Waals surface area (Å²) < 4.78 is 47.1. The minimum Gasteiger partial charge on any atom is -0.386 e. The van der Waals surface area contributed by atoms with Crippen molar-refractivity contribution in [1.82, 2.24) is 0 Å². The number of anilines is 2. The van der Waals surface area contributed by atoms with Crippen LogP contribution in [0.5, 0.6) is 0 Å². The van der Waals surface area contributed by atoms with Crippen LogP contribution in [0.25, 0.3) is 22.3 Å². The lowest BCUT2D eigenvalue weighted by molar-refractivity contribution is -0.137. The molecule has 2 aromatic heterocycles. The molecule has 0 spiro atoms. The molecule has 2 heterocycles. The van der Waals surface area contributed by atoms with Gasteiger partial charge in [-0.3, -0.25) is 9.59 Å². The van der Waals surface area contributed by atoms with Gasteiger partial charge < -0.3 is 15.4 Å². The Morgan fingerprint density at radius 1 is 0.604 bits per heavy atom. The number of amides is 2. The highest BCUT2D eigenvalue weighted by Crippen LogP contribution is 2.40. The highest BCUT2D eigenvalue weighted by atomic mass is 79.9. The second-order valence-corrected chi connectivity index (χ2v) is 15.3. The Morgan fingerprint density at radius 2 is 1.04 bits per heavy atom. The maximum absolute atomic E-state index is 14.1. The van der Waals surface area contributed by atoms with E-state index in [0.717, 1.165) is 54.9 Å². The number of hydrogen-bond acceptors (Lipinski definition) is 7. The van der Waals surface area contributed by atoms with E-state index < -0.39 is 35.5 Å². The average Bonchev–Trinajstić information content (AvgIpc) is 3.74. The fraction of sp³-hybridized carbons (Fsp3) is 0.0769. The van der Waals surface area contributed by atoms with Crippen LogP contribution in [0.1, 0.15) is 58.1 Å². The number of esters is 2. The van der Waals surface area contributed by atoms with Crippen molar-refractivity contribution in [2.75, 3.05) is 10.6 Å². The number of carbonyl (C=O) groups excluding carboxylic acids is 4. The van der Waals surface area contributed by atoms with Gasteiger partial charge in [0.05, 0.1) is 5.56 Å². The van der Waals surface area contributed by atoms with Gasteiger partial charge in [0.25, 0.3) is 11.8 Å². The predicted molar refractivity (Wildman–Crippen MR) is 208 cm³/mol. The zero-order valence-electron chi connectivity index (χ0n) is 27.6. The van der Waals surface area contributed by atoms with Crippen LogP contribution in [0.4, 0.5) is 23.2 Å². The van der Waals surface area contributed by atoms with Crippen molar-refractivity contribution >= 4 is 88.3 Å². The number of nitrogens with one attached hydrogen (secondary N) is 2. The van der Waals surface area contributed by atoms with Crippen molar-refractivity contribution in [2.45, 2.75) is 20.0 Å². The van der Waals surface area contributed by atoms with E-state index in [4.69, 9.17) is 4.74 Å². The zero-order valence-corrected chi connectivity index (χ0v) is 32.4. The van der Waals surface area contributed by atoms with Gasteiger partial charge in [-0.25, -0.2) is 9.59 Å². The van der Waals surface area contributed by atoms with Crippen molar-refractivity contribution < 1.29 is 37.1 Å². The first kappa shape index (κ1) is 37.9. The Kier molecular flexibility index (Phi) is 11.1. The number of ether oxygens (including phenoxy) is 1. The molecule has 6 rings (SSSR count). The molecule has 0 unspecified atom stereocenters. The van der Waals surface area contributed by atoms with Crippen LogP contribution in [0, 0.1) is 13.8 Å². The van der Waals surface area contributed by atoms with Crippen LogP contribution in [-0.2, 0) is 10.9 Å². The molecule has 53 heavy (non-hydrogen) atoms. The van der Waals surface area contributed by atoms with Gasteiger partial charge in [-0.1, -0.05) is 62.2 Å². The molecule has 0 aliphatic rings. The van der Waals surface area contributed by atoms with Crippen LogP contribution >= 0.6 is 54.5 Å². The molecule has 14 heteroatoms. The van der Waals surface area contributed by atoms with E-state index in [-0.39, 0.29) is 37.8 Å². The molecule has 0 atom stereocenters. The Labute approximate surface area is 326 Å². The summed E-state index contributed by atoms with van der Waals surface area (Å²) in [7, 11) is 0. The summed E-state index contributed by atoms with van der Waals surface area (Å²) in [5.41, 5.74) is 2.70. The van der Waals surface area contributed by atoms with Gasteiger partial charge in [-0.05, 0) is 96.8 Å². The fourth-order valence-corrected chi connectivity index (χ4v) is 7.65. The van der Waals surface area contributed by atoms with Crippen LogP contribution in [0.15, 0.2) is 111 Å². The molecule has 7 nitrogen and oxygen atoms in total. The minimum atomic E-state index is -4.59. The summed E-state index contributed by atoms with van der Waals surface area (Å²) in [4.78, 5) is 54.7. The van der Waals surface area contributed by atoms with Gasteiger partial charge in [0.1, 0.15) is 21.1 Å². The molecule has 2 amide bonds. The second kappa shape index (κ2) is 15.6. The SMILES string of the molecule is Cc1ccc(-c2csc(NC(=O)c3ccc(Br)cc3)c2C(=O)OC(=O)c2c(-c3ccc(C(F)(F)F)cc3)csc2NC(=O)c2ccc(Br)cc2)cc1C. The number of aryl methyl sites for hydroxylation is 2. The molecule has 0 saturated heterocycles. The second-order valence-electron chi connectivity index (χ2n) is 11.7. The van der Waals surface area contributed by atoms with E-state index in [1.165, 1.54) is 17.5 Å². The maximum Gasteiger partial charge on any atom is 0.416 e. The summed E-state index contributed by atoms with van der Waals surface area (Å²) in [5.74, 6) is -3.34. The van der Waals surface area contributed by atoms with Crippen molar-refractivity contribution in [1.29, 1.82) is 0 Å². The number of halogens is 5. The van der Waals surface area contributed by atoms with Gasteiger partial charge in [0.15, 0.2) is 0 Å². The number of benzene rings is 4. The fourth-order valence-electron chi connectivity index (χ4n) is 5.22. The number of carbonyl (C=O) groups is 4. The van der Waals surface area contributed by atoms with Crippen molar-refractivity contribution in [2.24, 2.45) is 0 Å². The summed E-state index contributed by atoms with van der Waals surface area (Å²) >= 11 is 8.67. The lowest BCUT2D eigenvalue weighted by Crippen LogP contribution is -2.19. The average molecular weight is 883 g/mol. The highest BCUT2D eigenvalue weighted by molar-refractivity contribution is 9.10. The molecule has 0 aliphatic carbocycles. The van der Waals surface area contributed by atoms with Crippen LogP contribution in [-0.4, -0.2) is 23.8 Å². The first-order chi connectivity index (χ1) is 25.2. The molecular formula is C39H25Br2F3N2O5S2. The summed E-state index contributed by atoms with van der Waals surface area (Å²) in [5, 5.41) is 8.74. The van der Waals surface area contributed by atoms with Crippen molar-refractivity contribution in [3.63, 3.8) is 0 Å². The van der Waals surface area contributed by atoms with Crippen molar-refractivity contribution in [3.8, 4) is 22.3 Å². The summed E-state index contributed by atoms with van der Waals surface area (Å²) in [6.07, 6.45) is -4.59. The first-order valence-corrected chi connectivity index (χ1v) is 18.9. The Hall–Kier alpha value is -4.89. The molecule has 0 fully saturated rings. The van der Waals surface area contributed by atoms with E-state index in [9.17, 15) is 32.3 Å². The summed E-state index contributed by atoms with van der Waals surface area (Å²) in [6, 6.07) is 22.7. The quantitative estimate of drug-likeness (QED) is 0.117. The largest absolute Gasteiger partial charge is 0.416 e. The van der Waals surface area contributed by atoms with E-state index in [2.05, 4.69) is 42.5 Å². The number of hydrogen-bond donors (Lipinski definition) is 2. The van der Waals surface area contributed by atoms with E-state index in [1.807, 2.05) is 26.0 Å². The Morgan fingerprint density at radius 3 is 1.47 bits per heavy atom. The normalized spacial score (nSPS) is 11.2. The van der Waals surface area contributed by atoms with Crippen LogP contribution in [0.2, 0.25) is 0 Å². The number of alkyl halides is 3. The topological polar surface area (TPSA) is 102 Å². The third-order valence-corrected chi connectivity index (χ3v) is 11.0. The molecule has 0 saturated carbocycles. The monoisotopic (exact) mass is 880 g/mol. The third-order valence-electron chi connectivity index (χ3n) is 8.18. The number of rotatable bonds is 8. The van der Waals surface area contributed by atoms with E-state index >= 15 is 0 Å². The molecule has 4 aromatic carbocycles. The molecule has 268 valence electrons. The molecule has 0 bridgehead atoms. The lowest BCUT2D eigenvalue weighted by atomic mass is 9.99. The lowest BCUT2D eigenvalue weighted by Gasteiger charge is -2.12. The van der Waals surface area contributed by atoms with Gasteiger partial charge in [0, 0.05) is 42.0 Å². The first-order valence-electron chi connectivity index (χ1n) is 15.6. The van der Waals surface area contributed by atoms with Crippen molar-refractivity contribution in [3.05, 3.63) is 150 Å². The minimum absolute atomic E-state index is 0.00841. The standard InChI is InChI=1S/C39H25Br2F3N2O5S2/c1-20-3-4-25(17-21(20)2)30-19-53-36(46-34(48)24-9-15-28(41)16-10-24)32(30)38(50)51-37(49)31-29(22-5-11-26(12-6-22)39(42,43)44)18-52-35(31)45-33(47)23-7-13-27(40)14-8-23/h3-19H,1-2H3,(H,45,47)(H,46,48). The van der Waals surface area contributed by atoms with E-state index in [1.54, 1.807) is 60.0 Å². The van der Waals surface area contributed by atoms with Gasteiger partial charge in [0.2, 0.25) is 0 Å². The molecular weight excluding hydrogens is 857 g/mol. The smallest absolute Gasteiger partial charge is 0.386 e. The summed E-state index contributed by atoms with van der Waals surface area (Å²) in [6.45, 7) is 3.85. The van der Waals surface area contributed by atoms with Gasteiger partial charge >= 0.3 is 18.1 Å². The third kappa shape index (κ3) is 8.51. The molecule has 0 radical (unpaired) electrons. The highest BCUT2D eigenvalue weighted by Gasteiger charge is 2.32. The van der Waals surface area contributed by atoms with Gasteiger partial charge in [-0.2, -0.15) is 13.2 Å². The maximum atomic E-state index is 14.1. The zero-order chi connectivity index (χ0) is 38.0. The van der Waals surface area contributed by atoms with Gasteiger partial charge in [-0.15, -0.1) is 22.7 Å². The van der Waals surface area contributed by atoms with Crippen LogP contribution in [0.3, 0.4) is 0 Å². The number of thiophene rings is 2. The van der Waals surface area contributed by atoms with E-state index in [0.29, 0.717) is 16.7 Å². The Bertz CT molecular complexity index is 2370. The molecule has 2 N–H and O–H groups in total. The predicted octanol–water partition coefficient (Wildman–Crippen LogP) is 11.8. The van der Waals surface area contributed by atoms with Crippen LogP contribution < -0.4 is 10.6 Å².